The van der Waals surface area contributed by atoms with Crippen molar-refractivity contribution in [1.29, 1.82) is 0 Å². The van der Waals surface area contributed by atoms with E-state index in [1.807, 2.05) is 49.4 Å². The summed E-state index contributed by atoms with van der Waals surface area (Å²) in [5.74, 6) is -0.412. The van der Waals surface area contributed by atoms with Crippen LogP contribution in [0.25, 0.3) is 27.8 Å². The molecule has 2 aromatic heterocycles. The minimum Gasteiger partial charge on any atom is -0.481 e. The zero-order chi connectivity index (χ0) is 19.7. The molecule has 0 radical (unpaired) electrons. The van der Waals surface area contributed by atoms with Crippen LogP contribution in [0.1, 0.15) is 18.0 Å². The van der Waals surface area contributed by atoms with Gasteiger partial charge < -0.3 is 5.11 Å². The number of hydrogen-bond acceptors (Lipinski definition) is 6. The molecule has 0 bridgehead atoms. The second-order valence-electron chi connectivity index (χ2n) is 6.20. The Morgan fingerprint density at radius 3 is 2.57 bits per heavy atom. The second kappa shape index (κ2) is 7.40. The van der Waals surface area contributed by atoms with Gasteiger partial charge in [-0.05, 0) is 19.1 Å². The average molecular weight is 392 g/mol. The molecule has 2 heterocycles. The van der Waals surface area contributed by atoms with Gasteiger partial charge in [-0.15, -0.1) is 11.8 Å². The first-order valence-electron chi connectivity index (χ1n) is 8.63. The van der Waals surface area contributed by atoms with E-state index in [1.165, 1.54) is 11.8 Å². The SMILES string of the molecule is C[C@@H](SCC(=O)O)c1nc2ccccc2c2nc(=O)c(-c3ccccc3)nn12. The zero-order valence-electron chi connectivity index (χ0n) is 14.9. The Morgan fingerprint density at radius 2 is 1.82 bits per heavy atom. The number of aliphatic carboxylic acids is 1. The van der Waals surface area contributed by atoms with Crippen LogP contribution >= 0.6 is 11.8 Å². The average Bonchev–Trinajstić information content (AvgIpc) is 2.71. The summed E-state index contributed by atoms with van der Waals surface area (Å²) >= 11 is 1.24. The highest BCUT2D eigenvalue weighted by Gasteiger charge is 2.19. The van der Waals surface area contributed by atoms with Gasteiger partial charge >= 0.3 is 5.97 Å². The molecular weight excluding hydrogens is 376 g/mol. The molecule has 0 fully saturated rings. The third kappa shape index (κ3) is 3.34. The molecule has 0 amide bonds. The molecule has 7 nitrogen and oxygen atoms in total. The van der Waals surface area contributed by atoms with E-state index in [0.717, 1.165) is 0 Å². The lowest BCUT2D eigenvalue weighted by molar-refractivity contribution is -0.133. The Balaban J connectivity index is 2.00. The molecule has 0 aliphatic rings. The minimum atomic E-state index is -0.898. The van der Waals surface area contributed by atoms with Crippen LogP contribution in [0.2, 0.25) is 0 Å². The lowest BCUT2D eigenvalue weighted by Crippen LogP contribution is -2.19. The summed E-state index contributed by atoms with van der Waals surface area (Å²) in [4.78, 5) is 32.6. The van der Waals surface area contributed by atoms with Gasteiger partial charge in [0, 0.05) is 10.9 Å². The quantitative estimate of drug-likeness (QED) is 0.521. The maximum absolute atomic E-state index is 12.7. The van der Waals surface area contributed by atoms with Crippen molar-refractivity contribution in [3.8, 4) is 11.3 Å². The summed E-state index contributed by atoms with van der Waals surface area (Å²) in [5, 5.41) is 14.0. The normalized spacial score (nSPS) is 12.3. The van der Waals surface area contributed by atoms with E-state index in [4.69, 9.17) is 10.1 Å². The van der Waals surface area contributed by atoms with Crippen molar-refractivity contribution in [1.82, 2.24) is 19.6 Å². The van der Waals surface area contributed by atoms with Crippen LogP contribution in [0.4, 0.5) is 0 Å². The van der Waals surface area contributed by atoms with Crippen molar-refractivity contribution >= 4 is 34.3 Å². The monoisotopic (exact) mass is 392 g/mol. The first-order chi connectivity index (χ1) is 13.5. The van der Waals surface area contributed by atoms with Crippen LogP contribution in [-0.2, 0) is 4.79 Å². The first kappa shape index (κ1) is 18.1. The fourth-order valence-corrected chi connectivity index (χ4v) is 3.66. The van der Waals surface area contributed by atoms with Crippen LogP contribution in [0.15, 0.2) is 59.4 Å². The van der Waals surface area contributed by atoms with Crippen molar-refractivity contribution in [2.75, 3.05) is 5.75 Å². The van der Waals surface area contributed by atoms with Crippen molar-refractivity contribution in [2.45, 2.75) is 12.2 Å². The summed E-state index contributed by atoms with van der Waals surface area (Å²) in [6.45, 7) is 1.87. The van der Waals surface area contributed by atoms with E-state index < -0.39 is 11.5 Å². The number of carbonyl (C=O) groups is 1. The summed E-state index contributed by atoms with van der Waals surface area (Å²) in [7, 11) is 0. The van der Waals surface area contributed by atoms with Gasteiger partial charge in [0.25, 0.3) is 5.56 Å². The molecule has 0 aliphatic heterocycles. The van der Waals surface area contributed by atoms with E-state index in [0.29, 0.717) is 27.9 Å². The highest BCUT2D eigenvalue weighted by atomic mass is 32.2. The molecule has 4 rings (SSSR count). The molecule has 0 saturated carbocycles. The lowest BCUT2D eigenvalue weighted by atomic mass is 10.1. The number of rotatable bonds is 5. The fourth-order valence-electron chi connectivity index (χ4n) is 2.96. The minimum absolute atomic E-state index is 0.0592. The van der Waals surface area contributed by atoms with Crippen molar-refractivity contribution in [3.63, 3.8) is 0 Å². The number of fused-ring (bicyclic) bond motifs is 3. The fraction of sp³-hybridized carbons (Fsp3) is 0.150. The molecule has 28 heavy (non-hydrogen) atoms. The molecule has 0 aliphatic carbocycles. The molecule has 0 unspecified atom stereocenters. The Hall–Kier alpha value is -3.26. The van der Waals surface area contributed by atoms with Gasteiger partial charge in [-0.3, -0.25) is 9.59 Å². The summed E-state index contributed by atoms with van der Waals surface area (Å²) < 4.78 is 1.56. The van der Waals surface area contributed by atoms with E-state index in [9.17, 15) is 9.59 Å². The van der Waals surface area contributed by atoms with Gasteiger partial charge in [0.15, 0.2) is 11.3 Å². The Labute approximate surface area is 164 Å². The highest BCUT2D eigenvalue weighted by Crippen LogP contribution is 2.29. The number of aromatic nitrogens is 4. The maximum Gasteiger partial charge on any atom is 0.313 e. The third-order valence-corrected chi connectivity index (χ3v) is 5.40. The molecule has 140 valence electrons. The van der Waals surface area contributed by atoms with Gasteiger partial charge in [0.1, 0.15) is 5.82 Å². The van der Waals surface area contributed by atoms with Crippen LogP contribution in [0, 0.1) is 0 Å². The van der Waals surface area contributed by atoms with Gasteiger partial charge in [0.2, 0.25) is 0 Å². The van der Waals surface area contributed by atoms with Crippen LogP contribution in [0.3, 0.4) is 0 Å². The smallest absolute Gasteiger partial charge is 0.313 e. The Morgan fingerprint density at radius 1 is 1.11 bits per heavy atom. The van der Waals surface area contributed by atoms with E-state index >= 15 is 0 Å². The molecule has 0 saturated heterocycles. The molecule has 4 aromatic rings. The lowest BCUT2D eigenvalue weighted by Gasteiger charge is -2.15. The predicted molar refractivity (Wildman–Crippen MR) is 109 cm³/mol. The number of para-hydroxylation sites is 1. The van der Waals surface area contributed by atoms with Crippen LogP contribution in [-0.4, -0.2) is 36.4 Å². The standard InChI is InChI=1S/C20H16N4O3S/c1-12(28-11-16(25)26)18-21-15-10-6-5-9-14(15)19-22-20(27)17(23-24(18)19)13-7-3-2-4-8-13/h2-10,12H,11H2,1H3,(H,25,26)/t12-/m1/s1. The zero-order valence-corrected chi connectivity index (χ0v) is 15.8. The van der Waals surface area contributed by atoms with E-state index in [2.05, 4.69) is 10.1 Å². The van der Waals surface area contributed by atoms with E-state index in [-0.39, 0.29) is 16.7 Å². The van der Waals surface area contributed by atoms with Gasteiger partial charge in [0.05, 0.1) is 16.5 Å². The molecule has 8 heteroatoms. The number of carboxylic acids is 1. The number of carboxylic acid groups (broad SMARTS) is 1. The maximum atomic E-state index is 12.7. The molecule has 1 atom stereocenters. The van der Waals surface area contributed by atoms with Crippen molar-refractivity contribution in [2.24, 2.45) is 0 Å². The van der Waals surface area contributed by atoms with Gasteiger partial charge in [-0.1, -0.05) is 42.5 Å². The number of thioether (sulfide) groups is 1. The Kier molecular flexibility index (Phi) is 4.79. The Bertz CT molecular complexity index is 1240. The number of nitrogens with zero attached hydrogens (tertiary/aromatic N) is 4. The highest BCUT2D eigenvalue weighted by molar-refractivity contribution is 8.00. The summed E-state index contributed by atoms with van der Waals surface area (Å²) in [6.07, 6.45) is 0. The van der Waals surface area contributed by atoms with Crippen molar-refractivity contribution < 1.29 is 9.90 Å². The molecule has 2 aromatic carbocycles. The molecule has 1 N–H and O–H groups in total. The summed E-state index contributed by atoms with van der Waals surface area (Å²) in [5.41, 5.74) is 1.57. The summed E-state index contributed by atoms with van der Waals surface area (Å²) in [6, 6.07) is 16.5. The topological polar surface area (TPSA) is 97.5 Å². The van der Waals surface area contributed by atoms with Crippen LogP contribution in [0.5, 0.6) is 0 Å². The van der Waals surface area contributed by atoms with Gasteiger partial charge in [-0.25, -0.2) is 4.98 Å². The number of benzene rings is 2. The van der Waals surface area contributed by atoms with E-state index in [1.54, 1.807) is 16.6 Å². The molecule has 0 spiro atoms. The van der Waals surface area contributed by atoms with Crippen LogP contribution < -0.4 is 5.56 Å². The second-order valence-corrected chi connectivity index (χ2v) is 7.53. The molecular formula is C20H16N4O3S. The first-order valence-corrected chi connectivity index (χ1v) is 9.68. The number of hydrogen-bond donors (Lipinski definition) is 1. The third-order valence-electron chi connectivity index (χ3n) is 4.28. The van der Waals surface area contributed by atoms with Crippen molar-refractivity contribution in [3.05, 3.63) is 70.8 Å². The largest absolute Gasteiger partial charge is 0.481 e. The van der Waals surface area contributed by atoms with Gasteiger partial charge in [-0.2, -0.15) is 14.6 Å². The predicted octanol–water partition coefficient (Wildman–Crippen LogP) is 3.18.